The number of carbonyl (C=O) groups excluding carboxylic acids is 1. The Morgan fingerprint density at radius 3 is 2.64 bits per heavy atom. The Balaban J connectivity index is 2.42. The molecule has 0 saturated heterocycles. The van der Waals surface area contributed by atoms with Crippen LogP contribution in [0.15, 0.2) is 42.5 Å². The van der Waals surface area contributed by atoms with Crippen molar-refractivity contribution in [3.05, 3.63) is 68.7 Å². The fourth-order valence-corrected chi connectivity index (χ4v) is 2.77. The molecule has 0 spiro atoms. The highest BCUT2D eigenvalue weighted by atomic mass is 35.5. The highest BCUT2D eigenvalue weighted by Gasteiger charge is 2.21. The van der Waals surface area contributed by atoms with E-state index in [-0.39, 0.29) is 18.1 Å². The molecule has 0 aliphatic carbocycles. The quantitative estimate of drug-likeness (QED) is 0.438. The van der Waals surface area contributed by atoms with Crippen LogP contribution < -0.4 is 4.90 Å². The predicted molar refractivity (Wildman–Crippen MR) is 97.3 cm³/mol. The van der Waals surface area contributed by atoms with E-state index in [4.69, 9.17) is 16.7 Å². The SMILES string of the molecule is CC(=O)c1ccc(N(CCCO)Cc2cccc(Cl)c2)c([N+](=O)[O-])c1. The molecule has 0 amide bonds. The molecule has 2 aromatic carbocycles. The second-order valence-corrected chi connectivity index (χ2v) is 6.08. The van der Waals surface area contributed by atoms with Crippen molar-refractivity contribution in [3.63, 3.8) is 0 Å². The van der Waals surface area contributed by atoms with E-state index in [0.29, 0.717) is 35.8 Å². The summed E-state index contributed by atoms with van der Waals surface area (Å²) < 4.78 is 0. The molecule has 0 aliphatic rings. The van der Waals surface area contributed by atoms with Gasteiger partial charge in [-0.05, 0) is 43.2 Å². The molecule has 1 N–H and O–H groups in total. The Hall–Kier alpha value is -2.44. The standard InChI is InChI=1S/C18H19ClN2O4/c1-13(23)15-6-7-17(18(11-15)21(24)25)20(8-3-9-22)12-14-4-2-5-16(19)10-14/h2,4-7,10-11,22H,3,8-9,12H2,1H3. The number of benzene rings is 2. The lowest BCUT2D eigenvalue weighted by Gasteiger charge is -2.25. The van der Waals surface area contributed by atoms with Gasteiger partial charge in [0.1, 0.15) is 5.69 Å². The Kier molecular flexibility index (Phi) is 6.50. The molecule has 0 atom stereocenters. The molecule has 7 heteroatoms. The lowest BCUT2D eigenvalue weighted by molar-refractivity contribution is -0.384. The maximum absolute atomic E-state index is 11.5. The minimum absolute atomic E-state index is 0.0224. The highest BCUT2D eigenvalue weighted by Crippen LogP contribution is 2.31. The molecule has 25 heavy (non-hydrogen) atoms. The number of hydrogen-bond acceptors (Lipinski definition) is 5. The van der Waals surface area contributed by atoms with E-state index in [1.807, 2.05) is 17.0 Å². The van der Waals surface area contributed by atoms with Crippen molar-refractivity contribution in [2.45, 2.75) is 19.9 Å². The third-order valence-electron chi connectivity index (χ3n) is 3.77. The van der Waals surface area contributed by atoms with Crippen molar-refractivity contribution in [1.29, 1.82) is 0 Å². The summed E-state index contributed by atoms with van der Waals surface area (Å²) in [5.41, 5.74) is 1.46. The number of anilines is 1. The van der Waals surface area contributed by atoms with Crippen LogP contribution in [0.2, 0.25) is 5.02 Å². The topological polar surface area (TPSA) is 83.7 Å². The Morgan fingerprint density at radius 2 is 2.04 bits per heavy atom. The van der Waals surface area contributed by atoms with E-state index >= 15 is 0 Å². The van der Waals surface area contributed by atoms with Crippen LogP contribution in [0.4, 0.5) is 11.4 Å². The van der Waals surface area contributed by atoms with Crippen molar-refractivity contribution in [3.8, 4) is 0 Å². The molecule has 2 aromatic rings. The summed E-state index contributed by atoms with van der Waals surface area (Å²) in [4.78, 5) is 24.3. The van der Waals surface area contributed by atoms with Crippen LogP contribution >= 0.6 is 11.6 Å². The first-order valence-electron chi connectivity index (χ1n) is 7.82. The second kappa shape index (κ2) is 8.60. The van der Waals surface area contributed by atoms with Gasteiger partial charge in [0.15, 0.2) is 5.78 Å². The molecule has 0 radical (unpaired) electrons. The number of nitro groups is 1. The smallest absolute Gasteiger partial charge is 0.293 e. The third-order valence-corrected chi connectivity index (χ3v) is 4.00. The van der Waals surface area contributed by atoms with Gasteiger partial charge >= 0.3 is 0 Å². The molecule has 0 unspecified atom stereocenters. The molecule has 0 aliphatic heterocycles. The van der Waals surface area contributed by atoms with Crippen molar-refractivity contribution in [2.75, 3.05) is 18.1 Å². The van der Waals surface area contributed by atoms with Gasteiger partial charge in [-0.1, -0.05) is 23.7 Å². The zero-order chi connectivity index (χ0) is 18.4. The monoisotopic (exact) mass is 362 g/mol. The van der Waals surface area contributed by atoms with Crippen LogP contribution in [0.3, 0.4) is 0 Å². The van der Waals surface area contributed by atoms with Crippen LogP contribution in [-0.4, -0.2) is 29.0 Å². The normalized spacial score (nSPS) is 10.5. The summed E-state index contributed by atoms with van der Waals surface area (Å²) in [5, 5.41) is 21.2. The molecule has 0 fully saturated rings. The van der Waals surface area contributed by atoms with E-state index in [1.165, 1.54) is 13.0 Å². The van der Waals surface area contributed by atoms with Gasteiger partial charge in [-0.15, -0.1) is 0 Å². The van der Waals surface area contributed by atoms with Crippen LogP contribution in [0.25, 0.3) is 0 Å². The third kappa shape index (κ3) is 5.01. The van der Waals surface area contributed by atoms with Crippen LogP contribution in [0, 0.1) is 10.1 Å². The zero-order valence-electron chi connectivity index (χ0n) is 13.8. The number of rotatable bonds is 8. The summed E-state index contributed by atoms with van der Waals surface area (Å²) >= 11 is 6.01. The zero-order valence-corrected chi connectivity index (χ0v) is 14.6. The minimum atomic E-state index is -0.494. The van der Waals surface area contributed by atoms with E-state index in [9.17, 15) is 14.9 Å². The molecule has 0 bridgehead atoms. The van der Waals surface area contributed by atoms with Gasteiger partial charge in [0, 0.05) is 36.3 Å². The van der Waals surface area contributed by atoms with Gasteiger partial charge in [-0.2, -0.15) is 0 Å². The number of ketones is 1. The second-order valence-electron chi connectivity index (χ2n) is 5.65. The van der Waals surface area contributed by atoms with Crippen LogP contribution in [0.5, 0.6) is 0 Å². The summed E-state index contributed by atoms with van der Waals surface area (Å²) in [6.07, 6.45) is 0.464. The van der Waals surface area contributed by atoms with Crippen LogP contribution in [0.1, 0.15) is 29.3 Å². The molecule has 0 heterocycles. The van der Waals surface area contributed by atoms with Gasteiger partial charge in [0.05, 0.1) is 4.92 Å². The van der Waals surface area contributed by atoms with Gasteiger partial charge in [0.25, 0.3) is 5.69 Å². The first-order chi connectivity index (χ1) is 11.9. The van der Waals surface area contributed by atoms with Gasteiger partial charge in [-0.25, -0.2) is 0 Å². The number of nitrogens with zero attached hydrogens (tertiary/aromatic N) is 2. The minimum Gasteiger partial charge on any atom is -0.396 e. The van der Waals surface area contributed by atoms with Crippen molar-refractivity contribution in [2.24, 2.45) is 0 Å². The Bertz CT molecular complexity index is 779. The van der Waals surface area contributed by atoms with E-state index in [2.05, 4.69) is 0 Å². The number of hydrogen-bond donors (Lipinski definition) is 1. The average Bonchev–Trinajstić information content (AvgIpc) is 2.58. The number of aliphatic hydroxyl groups is 1. The number of aliphatic hydroxyl groups excluding tert-OH is 1. The number of halogens is 1. The molecule has 0 aromatic heterocycles. The fraction of sp³-hybridized carbons (Fsp3) is 0.278. The lowest BCUT2D eigenvalue weighted by Crippen LogP contribution is -2.25. The summed E-state index contributed by atoms with van der Waals surface area (Å²) in [6, 6.07) is 11.7. The molecule has 132 valence electrons. The summed E-state index contributed by atoms with van der Waals surface area (Å²) in [7, 11) is 0. The lowest BCUT2D eigenvalue weighted by atomic mass is 10.1. The molecular formula is C18H19ClN2O4. The van der Waals surface area contributed by atoms with Crippen molar-refractivity contribution >= 4 is 28.8 Å². The summed E-state index contributed by atoms with van der Waals surface area (Å²) in [6.45, 7) is 2.18. The predicted octanol–water partition coefficient (Wildman–Crippen LogP) is 3.84. The largest absolute Gasteiger partial charge is 0.396 e. The molecule has 2 rings (SSSR count). The number of Topliss-reactive ketones (excluding diaryl/α,β-unsaturated/α-hetero) is 1. The maximum Gasteiger partial charge on any atom is 0.293 e. The highest BCUT2D eigenvalue weighted by molar-refractivity contribution is 6.30. The first-order valence-corrected chi connectivity index (χ1v) is 8.20. The summed E-state index contributed by atoms with van der Waals surface area (Å²) in [5.74, 6) is -0.230. The first kappa shape index (κ1) is 18.9. The molecular weight excluding hydrogens is 344 g/mol. The van der Waals surface area contributed by atoms with E-state index in [0.717, 1.165) is 5.56 Å². The van der Waals surface area contributed by atoms with Gasteiger partial charge in [0.2, 0.25) is 0 Å². The maximum atomic E-state index is 11.5. The molecule has 0 saturated carbocycles. The fourth-order valence-electron chi connectivity index (χ4n) is 2.56. The van der Waals surface area contributed by atoms with E-state index in [1.54, 1.807) is 24.3 Å². The number of nitro benzene ring substituents is 1. The van der Waals surface area contributed by atoms with Crippen molar-refractivity contribution < 1.29 is 14.8 Å². The van der Waals surface area contributed by atoms with Crippen molar-refractivity contribution in [1.82, 2.24) is 0 Å². The Labute approximate surface area is 150 Å². The average molecular weight is 363 g/mol. The number of carbonyl (C=O) groups is 1. The van der Waals surface area contributed by atoms with Gasteiger partial charge in [-0.3, -0.25) is 14.9 Å². The van der Waals surface area contributed by atoms with Gasteiger partial charge < -0.3 is 10.0 Å². The van der Waals surface area contributed by atoms with Crippen LogP contribution in [-0.2, 0) is 6.54 Å². The Morgan fingerprint density at radius 1 is 1.28 bits per heavy atom. The van der Waals surface area contributed by atoms with E-state index < -0.39 is 4.92 Å². The molecule has 6 nitrogen and oxygen atoms in total.